The standard InChI is InChI=1S/C7H10N2O/c1-2-10-6-5-9-4-3-8-7-9/h2-4,7H,1,5-6H2. The Morgan fingerprint density at radius 1 is 1.70 bits per heavy atom. The number of hydrogen-bond donors (Lipinski definition) is 0. The van der Waals surface area contributed by atoms with Crippen LogP contribution in [0.15, 0.2) is 31.6 Å². The summed E-state index contributed by atoms with van der Waals surface area (Å²) in [6.45, 7) is 4.91. The van der Waals surface area contributed by atoms with Crippen LogP contribution in [0.4, 0.5) is 0 Å². The maximum Gasteiger partial charge on any atom is 0.105 e. The van der Waals surface area contributed by atoms with Gasteiger partial charge < -0.3 is 9.30 Å². The molecule has 0 aliphatic rings. The average Bonchev–Trinajstić information content (AvgIpc) is 2.41. The van der Waals surface area contributed by atoms with E-state index in [1.807, 2.05) is 10.8 Å². The summed E-state index contributed by atoms with van der Waals surface area (Å²) in [5.41, 5.74) is 0. The first kappa shape index (κ1) is 6.86. The van der Waals surface area contributed by atoms with Crippen LogP contribution in [0.5, 0.6) is 0 Å². The molecule has 0 spiro atoms. The van der Waals surface area contributed by atoms with Crippen molar-refractivity contribution in [2.75, 3.05) is 6.61 Å². The van der Waals surface area contributed by atoms with Gasteiger partial charge in [-0.3, -0.25) is 0 Å². The minimum Gasteiger partial charge on any atom is -0.500 e. The highest BCUT2D eigenvalue weighted by molar-refractivity contribution is 4.73. The van der Waals surface area contributed by atoms with Crippen molar-refractivity contribution >= 4 is 0 Å². The minimum absolute atomic E-state index is 0.653. The SMILES string of the molecule is C=COCCn1ccnc1. The lowest BCUT2D eigenvalue weighted by atomic mass is 10.7. The van der Waals surface area contributed by atoms with Gasteiger partial charge in [-0.05, 0) is 0 Å². The summed E-state index contributed by atoms with van der Waals surface area (Å²) in [4.78, 5) is 3.88. The van der Waals surface area contributed by atoms with Crippen LogP contribution >= 0.6 is 0 Å². The van der Waals surface area contributed by atoms with E-state index in [2.05, 4.69) is 11.6 Å². The molecule has 1 aromatic rings. The Balaban J connectivity index is 2.21. The normalized spacial score (nSPS) is 9.20. The lowest BCUT2D eigenvalue weighted by Gasteiger charge is -1.99. The zero-order chi connectivity index (χ0) is 7.23. The zero-order valence-electron chi connectivity index (χ0n) is 5.73. The lowest BCUT2D eigenvalue weighted by molar-refractivity contribution is 0.236. The van der Waals surface area contributed by atoms with Gasteiger partial charge in [-0.1, -0.05) is 6.58 Å². The van der Waals surface area contributed by atoms with Gasteiger partial charge >= 0.3 is 0 Å². The van der Waals surface area contributed by atoms with E-state index in [1.54, 1.807) is 12.5 Å². The van der Waals surface area contributed by atoms with Gasteiger partial charge in [-0.2, -0.15) is 0 Å². The second-order valence-corrected chi connectivity index (χ2v) is 1.84. The second-order valence-electron chi connectivity index (χ2n) is 1.84. The van der Waals surface area contributed by atoms with Gasteiger partial charge in [-0.15, -0.1) is 0 Å². The first-order valence-corrected chi connectivity index (χ1v) is 3.11. The molecule has 0 unspecified atom stereocenters. The minimum atomic E-state index is 0.653. The first-order chi connectivity index (χ1) is 4.93. The van der Waals surface area contributed by atoms with Crippen molar-refractivity contribution in [2.45, 2.75) is 6.54 Å². The highest BCUT2D eigenvalue weighted by Gasteiger charge is 1.86. The predicted molar refractivity (Wildman–Crippen MR) is 38.4 cm³/mol. The Morgan fingerprint density at radius 2 is 2.60 bits per heavy atom. The summed E-state index contributed by atoms with van der Waals surface area (Å²) < 4.78 is 6.87. The Bertz CT molecular complexity index is 181. The molecule has 0 N–H and O–H groups in total. The van der Waals surface area contributed by atoms with Crippen molar-refractivity contribution in [2.24, 2.45) is 0 Å². The van der Waals surface area contributed by atoms with E-state index in [-0.39, 0.29) is 0 Å². The van der Waals surface area contributed by atoms with Crippen LogP contribution in [0.25, 0.3) is 0 Å². The lowest BCUT2D eigenvalue weighted by Crippen LogP contribution is -2.00. The molecule has 1 heterocycles. The molecule has 10 heavy (non-hydrogen) atoms. The molecule has 0 saturated carbocycles. The maximum atomic E-state index is 4.92. The number of hydrogen-bond acceptors (Lipinski definition) is 2. The second kappa shape index (κ2) is 3.71. The van der Waals surface area contributed by atoms with Crippen molar-refractivity contribution in [3.8, 4) is 0 Å². The molecule has 0 amide bonds. The Kier molecular flexibility index (Phi) is 2.55. The molecule has 0 atom stereocenters. The average molecular weight is 138 g/mol. The van der Waals surface area contributed by atoms with Crippen LogP contribution in [-0.4, -0.2) is 16.2 Å². The summed E-state index contributed by atoms with van der Waals surface area (Å²) in [5, 5.41) is 0. The fourth-order valence-corrected chi connectivity index (χ4v) is 0.660. The van der Waals surface area contributed by atoms with Crippen molar-refractivity contribution < 1.29 is 4.74 Å². The highest BCUT2D eigenvalue weighted by Crippen LogP contribution is 1.85. The van der Waals surface area contributed by atoms with Gasteiger partial charge in [0, 0.05) is 12.4 Å². The fourth-order valence-electron chi connectivity index (χ4n) is 0.660. The van der Waals surface area contributed by atoms with Gasteiger partial charge in [0.25, 0.3) is 0 Å². The molecule has 0 bridgehead atoms. The van der Waals surface area contributed by atoms with E-state index >= 15 is 0 Å². The monoisotopic (exact) mass is 138 g/mol. The molecule has 3 nitrogen and oxygen atoms in total. The van der Waals surface area contributed by atoms with Crippen LogP contribution in [0.2, 0.25) is 0 Å². The first-order valence-electron chi connectivity index (χ1n) is 3.11. The van der Waals surface area contributed by atoms with Crippen LogP contribution in [0.3, 0.4) is 0 Å². The van der Waals surface area contributed by atoms with Crippen LogP contribution in [0.1, 0.15) is 0 Å². The molecule has 0 aromatic carbocycles. The summed E-state index contributed by atoms with van der Waals surface area (Å²) in [6, 6.07) is 0. The molecule has 0 radical (unpaired) electrons. The summed E-state index contributed by atoms with van der Waals surface area (Å²) in [5.74, 6) is 0. The van der Waals surface area contributed by atoms with E-state index in [1.165, 1.54) is 6.26 Å². The van der Waals surface area contributed by atoms with Gasteiger partial charge in [0.05, 0.1) is 19.1 Å². The zero-order valence-corrected chi connectivity index (χ0v) is 5.73. The van der Waals surface area contributed by atoms with E-state index in [4.69, 9.17) is 4.74 Å². The van der Waals surface area contributed by atoms with Crippen LogP contribution in [0, 0.1) is 0 Å². The topological polar surface area (TPSA) is 27.1 Å². The molecular weight excluding hydrogens is 128 g/mol. The van der Waals surface area contributed by atoms with Gasteiger partial charge in [-0.25, -0.2) is 4.98 Å². The van der Waals surface area contributed by atoms with Crippen molar-refractivity contribution in [3.63, 3.8) is 0 Å². The Morgan fingerprint density at radius 3 is 3.20 bits per heavy atom. The number of rotatable bonds is 4. The fraction of sp³-hybridized carbons (Fsp3) is 0.286. The quantitative estimate of drug-likeness (QED) is 0.459. The predicted octanol–water partition coefficient (Wildman–Crippen LogP) is 1.04. The molecular formula is C7H10N2O. The summed E-state index contributed by atoms with van der Waals surface area (Å²) >= 11 is 0. The third-order valence-electron chi connectivity index (χ3n) is 1.14. The Hall–Kier alpha value is -1.25. The van der Waals surface area contributed by atoms with E-state index in [0.717, 1.165) is 6.54 Å². The number of nitrogens with zero attached hydrogens (tertiary/aromatic N) is 2. The number of aromatic nitrogens is 2. The van der Waals surface area contributed by atoms with Gasteiger partial charge in [0.1, 0.15) is 6.61 Å². The Labute approximate surface area is 60.0 Å². The molecule has 0 aliphatic carbocycles. The maximum absolute atomic E-state index is 4.92. The molecule has 0 aliphatic heterocycles. The van der Waals surface area contributed by atoms with E-state index in [9.17, 15) is 0 Å². The highest BCUT2D eigenvalue weighted by atomic mass is 16.5. The molecule has 3 heteroatoms. The largest absolute Gasteiger partial charge is 0.500 e. The molecule has 1 aromatic heterocycles. The van der Waals surface area contributed by atoms with Crippen LogP contribution in [-0.2, 0) is 11.3 Å². The summed E-state index contributed by atoms with van der Waals surface area (Å²) in [7, 11) is 0. The van der Waals surface area contributed by atoms with Crippen molar-refractivity contribution in [1.29, 1.82) is 0 Å². The third-order valence-corrected chi connectivity index (χ3v) is 1.14. The van der Waals surface area contributed by atoms with Gasteiger partial charge in [0.15, 0.2) is 0 Å². The molecule has 1 rings (SSSR count). The van der Waals surface area contributed by atoms with Crippen molar-refractivity contribution in [3.05, 3.63) is 31.6 Å². The molecule has 0 saturated heterocycles. The summed E-state index contributed by atoms with van der Waals surface area (Å²) in [6.07, 6.45) is 6.84. The molecule has 0 fully saturated rings. The molecule has 54 valence electrons. The van der Waals surface area contributed by atoms with E-state index in [0.29, 0.717) is 6.61 Å². The number of imidazole rings is 1. The number of ether oxygens (including phenoxy) is 1. The van der Waals surface area contributed by atoms with Crippen molar-refractivity contribution in [1.82, 2.24) is 9.55 Å². The van der Waals surface area contributed by atoms with E-state index < -0.39 is 0 Å². The van der Waals surface area contributed by atoms with Crippen LogP contribution < -0.4 is 0 Å². The third kappa shape index (κ3) is 1.93. The smallest absolute Gasteiger partial charge is 0.105 e. The van der Waals surface area contributed by atoms with Gasteiger partial charge in [0.2, 0.25) is 0 Å².